The van der Waals surface area contributed by atoms with Gasteiger partial charge in [0.15, 0.2) is 5.78 Å². The minimum Gasteiger partial charge on any atom is -0.496 e. The Bertz CT molecular complexity index is 1020. The summed E-state index contributed by atoms with van der Waals surface area (Å²) in [7, 11) is 1.13. The summed E-state index contributed by atoms with van der Waals surface area (Å²) in [5.74, 6) is 0.522. The Kier molecular flexibility index (Phi) is 8.36. The highest BCUT2D eigenvalue weighted by atomic mass is 32.2. The lowest BCUT2D eigenvalue weighted by Gasteiger charge is -2.27. The molecule has 0 bridgehead atoms. The predicted molar refractivity (Wildman–Crippen MR) is 120 cm³/mol. The van der Waals surface area contributed by atoms with Crippen molar-refractivity contribution in [1.82, 2.24) is 9.21 Å². The molecule has 0 aliphatic carbocycles. The van der Waals surface area contributed by atoms with Crippen LogP contribution in [0.5, 0.6) is 5.75 Å². The Morgan fingerprint density at radius 3 is 2.23 bits per heavy atom. The van der Waals surface area contributed by atoms with Crippen molar-refractivity contribution in [1.29, 1.82) is 0 Å². The Morgan fingerprint density at radius 1 is 1.03 bits per heavy atom. The lowest BCUT2D eigenvalue weighted by molar-refractivity contribution is -0.131. The minimum atomic E-state index is -3.69. The first-order valence-electron chi connectivity index (χ1n) is 10.1. The summed E-state index contributed by atoms with van der Waals surface area (Å²) < 4.78 is 32.0. The Hall–Kier alpha value is -2.71. The van der Waals surface area contributed by atoms with E-state index >= 15 is 0 Å². The monoisotopic (exact) mass is 446 g/mol. The molecule has 0 aliphatic rings. The van der Waals surface area contributed by atoms with E-state index in [1.807, 2.05) is 31.2 Å². The maximum atomic E-state index is 12.7. The van der Waals surface area contributed by atoms with Gasteiger partial charge in [-0.25, -0.2) is 12.7 Å². The van der Waals surface area contributed by atoms with Gasteiger partial charge in [-0.05, 0) is 38.5 Å². The molecule has 1 atom stereocenters. The second kappa shape index (κ2) is 10.5. The number of Topliss-reactive ketones (excluding diaryl/α,β-unsaturated/α-hetero) is 1. The van der Waals surface area contributed by atoms with Crippen molar-refractivity contribution in [3.63, 3.8) is 0 Å². The third-order valence-corrected chi connectivity index (χ3v) is 7.27. The lowest BCUT2D eigenvalue weighted by Crippen LogP contribution is -2.32. The number of benzene rings is 2. The van der Waals surface area contributed by atoms with Gasteiger partial charge in [-0.15, -0.1) is 0 Å². The molecule has 7 nitrogen and oxygen atoms in total. The number of methoxy groups -OCH3 is 1. The van der Waals surface area contributed by atoms with E-state index in [1.165, 1.54) is 42.5 Å². The molecule has 2 aromatic rings. The molecule has 31 heavy (non-hydrogen) atoms. The molecule has 2 aromatic carbocycles. The van der Waals surface area contributed by atoms with Gasteiger partial charge in [0.25, 0.3) is 0 Å². The summed E-state index contributed by atoms with van der Waals surface area (Å²) in [6.45, 7) is 3.56. The van der Waals surface area contributed by atoms with Crippen LogP contribution in [-0.2, 0) is 14.8 Å². The molecular formula is C23H30N2O5S. The molecule has 0 aliphatic heterocycles. The maximum Gasteiger partial charge on any atom is 0.242 e. The highest BCUT2D eigenvalue weighted by Crippen LogP contribution is 2.28. The van der Waals surface area contributed by atoms with E-state index < -0.39 is 10.0 Å². The van der Waals surface area contributed by atoms with Crippen LogP contribution in [0.2, 0.25) is 0 Å². The molecule has 0 aromatic heterocycles. The molecule has 8 heteroatoms. The zero-order valence-corrected chi connectivity index (χ0v) is 19.5. The van der Waals surface area contributed by atoms with Crippen LogP contribution in [0.15, 0.2) is 53.4 Å². The quantitative estimate of drug-likeness (QED) is 0.522. The smallest absolute Gasteiger partial charge is 0.242 e. The molecule has 1 amide bonds. The van der Waals surface area contributed by atoms with Crippen molar-refractivity contribution in [2.45, 2.75) is 37.6 Å². The van der Waals surface area contributed by atoms with Gasteiger partial charge in [-0.3, -0.25) is 9.59 Å². The van der Waals surface area contributed by atoms with Gasteiger partial charge in [0.05, 0.1) is 18.0 Å². The summed E-state index contributed by atoms with van der Waals surface area (Å²) in [5, 5.41) is 0. The lowest BCUT2D eigenvalue weighted by atomic mass is 10.1. The number of ether oxygens (including phenoxy) is 1. The molecule has 0 saturated heterocycles. The Balaban J connectivity index is 1.95. The molecule has 0 saturated carbocycles. The number of rotatable bonds is 10. The van der Waals surface area contributed by atoms with Gasteiger partial charge in [-0.1, -0.05) is 30.3 Å². The number of hydrogen-bond acceptors (Lipinski definition) is 5. The van der Waals surface area contributed by atoms with Gasteiger partial charge < -0.3 is 9.64 Å². The fourth-order valence-electron chi connectivity index (χ4n) is 3.23. The van der Waals surface area contributed by atoms with E-state index in [9.17, 15) is 18.0 Å². The van der Waals surface area contributed by atoms with Crippen molar-refractivity contribution in [2.75, 3.05) is 27.7 Å². The van der Waals surface area contributed by atoms with Crippen molar-refractivity contribution >= 4 is 21.7 Å². The van der Waals surface area contributed by atoms with Crippen LogP contribution in [0.25, 0.3) is 0 Å². The molecule has 2 rings (SSSR count). The molecular weight excluding hydrogens is 416 g/mol. The predicted octanol–water partition coefficient (Wildman–Crippen LogP) is 3.52. The molecule has 168 valence electrons. The first kappa shape index (κ1) is 24.6. The summed E-state index contributed by atoms with van der Waals surface area (Å²) in [6.07, 6.45) is 0.613. The van der Waals surface area contributed by atoms with Crippen molar-refractivity contribution in [3.8, 4) is 5.75 Å². The van der Waals surface area contributed by atoms with Crippen LogP contribution >= 0.6 is 0 Å². The summed E-state index contributed by atoms with van der Waals surface area (Å²) in [6, 6.07) is 13.2. The minimum absolute atomic E-state index is 0.0741. The fourth-order valence-corrected chi connectivity index (χ4v) is 4.44. The van der Waals surface area contributed by atoms with Crippen LogP contribution in [-0.4, -0.2) is 57.1 Å². The van der Waals surface area contributed by atoms with Crippen molar-refractivity contribution in [2.24, 2.45) is 0 Å². The third kappa shape index (κ3) is 5.92. The van der Waals surface area contributed by atoms with E-state index in [4.69, 9.17) is 4.74 Å². The van der Waals surface area contributed by atoms with Gasteiger partial charge in [0.1, 0.15) is 5.75 Å². The van der Waals surface area contributed by atoms with Crippen LogP contribution in [0.1, 0.15) is 48.7 Å². The highest BCUT2D eigenvalue weighted by molar-refractivity contribution is 7.89. The van der Waals surface area contributed by atoms with E-state index in [0.29, 0.717) is 12.0 Å². The topological polar surface area (TPSA) is 84.0 Å². The molecule has 0 N–H and O–H groups in total. The standard InChI is InChI=1S/C23H30N2O5S/c1-17(21-9-6-7-10-22(21)30-5)25(4)23(27)11-8-16-24(3)31(28,29)20-14-12-19(13-15-20)18(2)26/h6-7,9-10,12-15,17H,8,11,16H2,1-5H3. The number of carbonyl (C=O) groups is 2. The van der Waals surface area contributed by atoms with E-state index in [2.05, 4.69) is 0 Å². The number of amides is 1. The number of para-hydroxylation sites is 1. The van der Waals surface area contributed by atoms with E-state index in [-0.39, 0.29) is 35.6 Å². The number of ketones is 1. The average Bonchev–Trinajstić information content (AvgIpc) is 2.77. The first-order chi connectivity index (χ1) is 14.6. The van der Waals surface area contributed by atoms with Gasteiger partial charge in [0.2, 0.25) is 15.9 Å². The molecule has 0 spiro atoms. The summed E-state index contributed by atoms with van der Waals surface area (Å²) in [5.41, 5.74) is 1.37. The van der Waals surface area contributed by atoms with Gasteiger partial charge in [-0.2, -0.15) is 0 Å². The largest absolute Gasteiger partial charge is 0.496 e. The Morgan fingerprint density at radius 2 is 1.65 bits per heavy atom. The van der Waals surface area contributed by atoms with Crippen molar-refractivity contribution < 1.29 is 22.7 Å². The Labute approximate surface area is 184 Å². The van der Waals surface area contributed by atoms with E-state index in [1.54, 1.807) is 19.1 Å². The zero-order chi connectivity index (χ0) is 23.2. The number of carbonyl (C=O) groups excluding carboxylic acids is 2. The maximum absolute atomic E-state index is 12.7. The van der Waals surface area contributed by atoms with Crippen LogP contribution < -0.4 is 4.74 Å². The number of hydrogen-bond donors (Lipinski definition) is 0. The second-order valence-electron chi connectivity index (χ2n) is 7.43. The van der Waals surface area contributed by atoms with Crippen molar-refractivity contribution in [3.05, 3.63) is 59.7 Å². The average molecular weight is 447 g/mol. The first-order valence-corrected chi connectivity index (χ1v) is 11.5. The molecule has 0 fully saturated rings. The normalized spacial score (nSPS) is 12.5. The second-order valence-corrected chi connectivity index (χ2v) is 9.48. The highest BCUT2D eigenvalue weighted by Gasteiger charge is 2.23. The van der Waals surface area contributed by atoms with Gasteiger partial charge in [0, 0.05) is 38.2 Å². The fraction of sp³-hybridized carbons (Fsp3) is 0.391. The number of nitrogens with zero attached hydrogens (tertiary/aromatic N) is 2. The molecule has 1 unspecified atom stereocenters. The number of sulfonamides is 1. The van der Waals surface area contributed by atoms with Crippen LogP contribution in [0.4, 0.5) is 0 Å². The van der Waals surface area contributed by atoms with E-state index in [0.717, 1.165) is 11.3 Å². The molecule has 0 heterocycles. The summed E-state index contributed by atoms with van der Waals surface area (Å²) >= 11 is 0. The van der Waals surface area contributed by atoms with Crippen LogP contribution in [0, 0.1) is 0 Å². The zero-order valence-electron chi connectivity index (χ0n) is 18.7. The van der Waals surface area contributed by atoms with Crippen LogP contribution in [0.3, 0.4) is 0 Å². The van der Waals surface area contributed by atoms with Gasteiger partial charge >= 0.3 is 0 Å². The summed E-state index contributed by atoms with van der Waals surface area (Å²) in [4.78, 5) is 25.8. The SMILES string of the molecule is COc1ccccc1C(C)N(C)C(=O)CCCN(C)S(=O)(=O)c1ccc(C(C)=O)cc1. The molecule has 0 radical (unpaired) electrons. The third-order valence-electron chi connectivity index (χ3n) is 5.40.